The van der Waals surface area contributed by atoms with Gasteiger partial charge in [-0.15, -0.1) is 0 Å². The van der Waals surface area contributed by atoms with Crippen LogP contribution >= 0.6 is 0 Å². The van der Waals surface area contributed by atoms with Crippen molar-refractivity contribution < 1.29 is 44.2 Å². The molecule has 34 heavy (non-hydrogen) atoms. The molecule has 6 atom stereocenters. The number of ether oxygens (including phenoxy) is 3. The largest absolute Gasteiger partial charge is 0.463 e. The minimum atomic E-state index is -1.65. The smallest absolute Gasteiger partial charge is 0.336 e. The van der Waals surface area contributed by atoms with E-state index in [2.05, 4.69) is 5.32 Å². The number of dihydropyridines is 1. The van der Waals surface area contributed by atoms with Crippen LogP contribution in [0.1, 0.15) is 32.3 Å². The number of hydrogen-bond acceptors (Lipinski definition) is 10. The molecule has 5 N–H and O–H groups in total. The van der Waals surface area contributed by atoms with Gasteiger partial charge in [-0.3, -0.25) is 0 Å². The molecule has 0 saturated carbocycles. The van der Waals surface area contributed by atoms with Crippen LogP contribution in [0.5, 0.6) is 0 Å². The van der Waals surface area contributed by atoms with Gasteiger partial charge in [0.1, 0.15) is 30.5 Å². The van der Waals surface area contributed by atoms with Gasteiger partial charge in [0.05, 0.1) is 42.6 Å². The molecule has 1 aromatic rings. The maximum atomic E-state index is 13.3. The van der Waals surface area contributed by atoms with E-state index in [1.807, 2.05) is 0 Å². The summed E-state index contributed by atoms with van der Waals surface area (Å²) in [4.78, 5) is 26.3. The first-order chi connectivity index (χ1) is 16.3. The van der Waals surface area contributed by atoms with Crippen LogP contribution in [0.4, 0.5) is 0 Å². The van der Waals surface area contributed by atoms with Crippen LogP contribution in [-0.4, -0.2) is 82.7 Å². The molecule has 186 valence electrons. The Morgan fingerprint density at radius 2 is 1.53 bits per heavy atom. The maximum Gasteiger partial charge on any atom is 0.336 e. The zero-order chi connectivity index (χ0) is 25.0. The molecule has 0 amide bonds. The molecule has 2 aliphatic heterocycles. The number of carbonyl (C=O) groups is 2. The predicted octanol–water partition coefficient (Wildman–Crippen LogP) is -0.130. The van der Waals surface area contributed by atoms with Gasteiger partial charge in [0.15, 0.2) is 0 Å². The molecule has 0 aliphatic carbocycles. The quantitative estimate of drug-likeness (QED) is 0.336. The molecular formula is C24H31NO9. The van der Waals surface area contributed by atoms with Crippen molar-refractivity contribution in [1.29, 1.82) is 0 Å². The highest BCUT2D eigenvalue weighted by molar-refractivity contribution is 6.00. The molecule has 1 fully saturated rings. The molecule has 0 bridgehead atoms. The summed E-state index contributed by atoms with van der Waals surface area (Å²) in [5.74, 6) is -2.32. The number of esters is 2. The van der Waals surface area contributed by atoms with E-state index < -0.39 is 55.0 Å². The van der Waals surface area contributed by atoms with Crippen molar-refractivity contribution in [3.8, 4) is 0 Å². The van der Waals surface area contributed by atoms with Crippen LogP contribution in [0.15, 0.2) is 52.9 Å². The first kappa shape index (κ1) is 25.9. The third kappa shape index (κ3) is 4.86. The van der Waals surface area contributed by atoms with Gasteiger partial charge >= 0.3 is 11.9 Å². The second kappa shape index (κ2) is 11.1. The third-order valence-corrected chi connectivity index (χ3v) is 5.89. The average Bonchev–Trinajstić information content (AvgIpc) is 2.83. The fourth-order valence-electron chi connectivity index (χ4n) is 4.31. The lowest BCUT2D eigenvalue weighted by atomic mass is 9.78. The lowest BCUT2D eigenvalue weighted by molar-refractivity contribution is -0.220. The highest BCUT2D eigenvalue weighted by atomic mass is 16.6. The number of benzene rings is 1. The fraction of sp³-hybridized carbons (Fsp3) is 0.500. The van der Waals surface area contributed by atoms with Crippen molar-refractivity contribution in [3.05, 3.63) is 58.4 Å². The summed E-state index contributed by atoms with van der Waals surface area (Å²) in [6.07, 6.45) is -7.38. The Labute approximate surface area is 197 Å². The summed E-state index contributed by atoms with van der Waals surface area (Å²) in [6, 6.07) is 8.79. The summed E-state index contributed by atoms with van der Waals surface area (Å²) >= 11 is 0. The summed E-state index contributed by atoms with van der Waals surface area (Å²) in [5, 5.41) is 43.9. The van der Waals surface area contributed by atoms with Gasteiger partial charge in [-0.1, -0.05) is 30.3 Å². The van der Waals surface area contributed by atoms with E-state index in [1.54, 1.807) is 51.1 Å². The maximum absolute atomic E-state index is 13.3. The SMILES string of the molecule is CCOC(=O)C1=C(C)NC([C@@H]2O[C@H](CO)[C@H](O)[C@H](O)[C@H]2O)=C(C(=O)OCC)[C@H]1c1ccccc1. The summed E-state index contributed by atoms with van der Waals surface area (Å²) < 4.78 is 16.3. The topological polar surface area (TPSA) is 155 Å². The highest BCUT2D eigenvalue weighted by Gasteiger charge is 2.49. The number of nitrogens with one attached hydrogen (secondary N) is 1. The summed E-state index contributed by atoms with van der Waals surface area (Å²) in [7, 11) is 0. The third-order valence-electron chi connectivity index (χ3n) is 5.89. The van der Waals surface area contributed by atoms with E-state index in [-0.39, 0.29) is 30.1 Å². The van der Waals surface area contributed by atoms with Gasteiger partial charge in [-0.2, -0.15) is 0 Å². The summed E-state index contributed by atoms with van der Waals surface area (Å²) in [6.45, 7) is 4.46. The second-order valence-electron chi connectivity index (χ2n) is 8.03. The van der Waals surface area contributed by atoms with Gasteiger partial charge in [-0.05, 0) is 26.3 Å². The van der Waals surface area contributed by atoms with E-state index in [0.717, 1.165) is 0 Å². The van der Waals surface area contributed by atoms with Gasteiger partial charge in [0, 0.05) is 5.70 Å². The lowest BCUT2D eigenvalue weighted by Gasteiger charge is -2.43. The Kier molecular flexibility index (Phi) is 8.45. The van der Waals surface area contributed by atoms with Crippen LogP contribution < -0.4 is 5.32 Å². The highest BCUT2D eigenvalue weighted by Crippen LogP contribution is 2.41. The molecule has 3 rings (SSSR count). The van der Waals surface area contributed by atoms with Crippen molar-refractivity contribution in [2.45, 2.75) is 57.2 Å². The van der Waals surface area contributed by atoms with Crippen LogP contribution in [0.25, 0.3) is 0 Å². The van der Waals surface area contributed by atoms with Gasteiger partial charge in [0.2, 0.25) is 0 Å². The molecule has 0 unspecified atom stereocenters. The fourth-order valence-corrected chi connectivity index (χ4v) is 4.31. The summed E-state index contributed by atoms with van der Waals surface area (Å²) in [5.41, 5.74) is 1.19. The van der Waals surface area contributed by atoms with E-state index in [9.17, 15) is 30.0 Å². The van der Waals surface area contributed by atoms with Crippen molar-refractivity contribution in [2.75, 3.05) is 19.8 Å². The Hall–Kier alpha value is -2.76. The molecule has 2 heterocycles. The Bertz CT molecular complexity index is 956. The van der Waals surface area contributed by atoms with Gasteiger partial charge in [-0.25, -0.2) is 9.59 Å². The normalized spacial score (nSPS) is 29.5. The van der Waals surface area contributed by atoms with Crippen molar-refractivity contribution in [3.63, 3.8) is 0 Å². The number of carbonyl (C=O) groups excluding carboxylic acids is 2. The molecule has 2 aliphatic rings. The zero-order valence-corrected chi connectivity index (χ0v) is 19.3. The first-order valence-corrected chi connectivity index (χ1v) is 11.2. The van der Waals surface area contributed by atoms with Crippen molar-refractivity contribution in [2.24, 2.45) is 0 Å². The van der Waals surface area contributed by atoms with Crippen molar-refractivity contribution >= 4 is 11.9 Å². The van der Waals surface area contributed by atoms with Gasteiger partial charge < -0.3 is 40.0 Å². The molecule has 10 heteroatoms. The molecule has 10 nitrogen and oxygen atoms in total. The monoisotopic (exact) mass is 477 g/mol. The number of rotatable bonds is 7. The Morgan fingerprint density at radius 3 is 2.09 bits per heavy atom. The van der Waals surface area contributed by atoms with Crippen LogP contribution in [-0.2, 0) is 23.8 Å². The minimum Gasteiger partial charge on any atom is -0.463 e. The van der Waals surface area contributed by atoms with Crippen LogP contribution in [0, 0.1) is 0 Å². The number of hydrogen-bond donors (Lipinski definition) is 5. The van der Waals surface area contributed by atoms with E-state index in [4.69, 9.17) is 14.2 Å². The predicted molar refractivity (Wildman–Crippen MR) is 119 cm³/mol. The molecule has 1 saturated heterocycles. The lowest BCUT2D eigenvalue weighted by Crippen LogP contribution is -2.60. The molecule has 0 aromatic heterocycles. The van der Waals surface area contributed by atoms with Gasteiger partial charge in [0.25, 0.3) is 0 Å². The van der Waals surface area contributed by atoms with Crippen LogP contribution in [0.3, 0.4) is 0 Å². The number of aliphatic hydroxyl groups is 4. The van der Waals surface area contributed by atoms with E-state index >= 15 is 0 Å². The molecule has 0 spiro atoms. The Morgan fingerprint density at radius 1 is 0.941 bits per heavy atom. The van der Waals surface area contributed by atoms with E-state index in [0.29, 0.717) is 11.3 Å². The standard InChI is InChI=1S/C24H31NO9/c1-4-32-23(30)15-12(3)25-18(22-21(29)20(28)19(27)14(11-26)34-22)17(24(31)33-5-2)16(15)13-9-7-6-8-10-13/h6-10,14,16,19-22,25-29H,4-5,11H2,1-3H3/t14-,16+,19+,20+,21-,22+/m1/s1. The molecular weight excluding hydrogens is 446 g/mol. The zero-order valence-electron chi connectivity index (χ0n) is 19.3. The van der Waals surface area contributed by atoms with E-state index in [1.165, 1.54) is 0 Å². The van der Waals surface area contributed by atoms with Crippen LogP contribution in [0.2, 0.25) is 0 Å². The first-order valence-electron chi connectivity index (χ1n) is 11.2. The number of aliphatic hydroxyl groups excluding tert-OH is 4. The second-order valence-corrected chi connectivity index (χ2v) is 8.03. The molecule has 1 aromatic carbocycles. The Balaban J connectivity index is 2.24. The number of allylic oxidation sites excluding steroid dienone is 1. The minimum absolute atomic E-state index is 0.00830. The molecule has 0 radical (unpaired) electrons. The average molecular weight is 478 g/mol. The van der Waals surface area contributed by atoms with Crippen molar-refractivity contribution in [1.82, 2.24) is 5.32 Å².